The number of hydrogen-bond acceptors (Lipinski definition) is 3. The van der Waals surface area contributed by atoms with Crippen molar-refractivity contribution >= 4 is 23.1 Å². The predicted molar refractivity (Wildman–Crippen MR) is 86.2 cm³/mol. The van der Waals surface area contributed by atoms with Gasteiger partial charge in [-0.25, -0.2) is 0 Å². The van der Waals surface area contributed by atoms with E-state index in [0.29, 0.717) is 6.04 Å². The minimum absolute atomic E-state index is 0.462. The Morgan fingerprint density at radius 2 is 2.00 bits per heavy atom. The summed E-state index contributed by atoms with van der Waals surface area (Å²) in [6.07, 6.45) is 2.30. The maximum atomic E-state index is 3.65. The number of rotatable bonds is 7. The summed E-state index contributed by atoms with van der Waals surface area (Å²) in [7, 11) is 0. The average Bonchev–Trinajstić information content (AvgIpc) is 2.94. The highest BCUT2D eigenvalue weighted by atomic mass is 32.2. The van der Waals surface area contributed by atoms with Crippen molar-refractivity contribution in [1.82, 2.24) is 5.32 Å². The van der Waals surface area contributed by atoms with Gasteiger partial charge in [-0.2, -0.15) is 0 Å². The summed E-state index contributed by atoms with van der Waals surface area (Å²) in [6, 6.07) is 13.5. The topological polar surface area (TPSA) is 12.0 Å². The van der Waals surface area contributed by atoms with E-state index in [4.69, 9.17) is 0 Å². The Bertz CT molecular complexity index is 479. The second kappa shape index (κ2) is 7.73. The summed E-state index contributed by atoms with van der Waals surface area (Å²) < 4.78 is 1.36. The van der Waals surface area contributed by atoms with Crippen LogP contribution in [-0.2, 0) is 0 Å². The lowest BCUT2D eigenvalue weighted by Crippen LogP contribution is -2.21. The third-order valence-corrected chi connectivity index (χ3v) is 5.18. The van der Waals surface area contributed by atoms with E-state index in [1.807, 2.05) is 11.8 Å². The lowest BCUT2D eigenvalue weighted by Gasteiger charge is -2.20. The molecule has 1 unspecified atom stereocenters. The zero-order valence-corrected chi connectivity index (χ0v) is 13.2. The van der Waals surface area contributed by atoms with Crippen LogP contribution in [0, 0.1) is 0 Å². The van der Waals surface area contributed by atoms with Crippen molar-refractivity contribution in [2.24, 2.45) is 0 Å². The highest BCUT2D eigenvalue weighted by Gasteiger charge is 2.13. The van der Waals surface area contributed by atoms with Crippen LogP contribution in [0.4, 0.5) is 0 Å². The molecule has 0 radical (unpaired) electrons. The molecule has 1 nitrogen and oxygen atoms in total. The molecule has 0 fully saturated rings. The fourth-order valence-corrected chi connectivity index (χ4v) is 4.00. The Hall–Kier alpha value is -0.770. The SMILES string of the molecule is CCCNC(CC)c1ccccc1Sc1cccs1. The van der Waals surface area contributed by atoms with E-state index >= 15 is 0 Å². The molecule has 2 rings (SSSR count). The van der Waals surface area contributed by atoms with Crippen molar-refractivity contribution in [3.8, 4) is 0 Å². The molecule has 0 saturated heterocycles. The third-order valence-electron chi connectivity index (χ3n) is 3.05. The molecule has 0 aliphatic rings. The fraction of sp³-hybridized carbons (Fsp3) is 0.375. The van der Waals surface area contributed by atoms with Crippen LogP contribution >= 0.6 is 23.1 Å². The first-order valence-corrected chi connectivity index (χ1v) is 8.58. The van der Waals surface area contributed by atoms with Gasteiger partial charge in [-0.15, -0.1) is 11.3 Å². The van der Waals surface area contributed by atoms with Crippen molar-refractivity contribution in [3.63, 3.8) is 0 Å². The van der Waals surface area contributed by atoms with Crippen molar-refractivity contribution in [2.75, 3.05) is 6.54 Å². The summed E-state index contributed by atoms with van der Waals surface area (Å²) in [6.45, 7) is 5.54. The van der Waals surface area contributed by atoms with Crippen molar-refractivity contribution < 1.29 is 0 Å². The molecule has 1 atom stereocenters. The van der Waals surface area contributed by atoms with Crippen LogP contribution in [-0.4, -0.2) is 6.54 Å². The molecule has 0 amide bonds. The van der Waals surface area contributed by atoms with Gasteiger partial charge in [0.1, 0.15) is 0 Å². The maximum Gasteiger partial charge on any atom is 0.0646 e. The smallest absolute Gasteiger partial charge is 0.0646 e. The Labute approximate surface area is 124 Å². The van der Waals surface area contributed by atoms with E-state index < -0.39 is 0 Å². The standard InChI is InChI=1S/C16H21NS2/c1-3-11-17-14(4-2)13-8-5-6-9-15(13)19-16-10-7-12-18-16/h5-10,12,14,17H,3-4,11H2,1-2H3. The van der Waals surface area contributed by atoms with Gasteiger partial charge in [-0.1, -0.05) is 49.9 Å². The van der Waals surface area contributed by atoms with Crippen LogP contribution in [0.25, 0.3) is 0 Å². The van der Waals surface area contributed by atoms with Gasteiger partial charge in [0, 0.05) is 10.9 Å². The first-order chi connectivity index (χ1) is 9.35. The summed E-state index contributed by atoms with van der Waals surface area (Å²) in [4.78, 5) is 1.38. The zero-order valence-electron chi connectivity index (χ0n) is 11.6. The summed E-state index contributed by atoms with van der Waals surface area (Å²) >= 11 is 3.68. The van der Waals surface area contributed by atoms with Crippen LogP contribution in [0.1, 0.15) is 38.3 Å². The summed E-state index contributed by atoms with van der Waals surface area (Å²) in [5.41, 5.74) is 1.43. The van der Waals surface area contributed by atoms with E-state index in [1.54, 1.807) is 11.3 Å². The van der Waals surface area contributed by atoms with Crippen molar-refractivity contribution in [1.29, 1.82) is 0 Å². The fourth-order valence-electron chi connectivity index (χ4n) is 2.08. The van der Waals surface area contributed by atoms with E-state index in [2.05, 4.69) is 60.9 Å². The Morgan fingerprint density at radius 1 is 1.16 bits per heavy atom. The molecule has 0 aliphatic heterocycles. The number of hydrogen-bond donors (Lipinski definition) is 1. The molecule has 1 heterocycles. The monoisotopic (exact) mass is 291 g/mol. The molecule has 1 aromatic carbocycles. The van der Waals surface area contributed by atoms with Crippen LogP contribution in [0.2, 0.25) is 0 Å². The van der Waals surface area contributed by atoms with Crippen molar-refractivity contribution in [3.05, 3.63) is 47.3 Å². The third kappa shape index (κ3) is 4.10. The second-order valence-electron chi connectivity index (χ2n) is 4.49. The minimum atomic E-state index is 0.462. The van der Waals surface area contributed by atoms with Gasteiger partial charge in [0.2, 0.25) is 0 Å². The zero-order chi connectivity index (χ0) is 13.5. The molecule has 2 aromatic rings. The normalized spacial score (nSPS) is 12.5. The number of nitrogens with one attached hydrogen (secondary N) is 1. The van der Waals surface area contributed by atoms with Gasteiger partial charge < -0.3 is 5.32 Å². The van der Waals surface area contributed by atoms with Gasteiger partial charge in [0.25, 0.3) is 0 Å². The Morgan fingerprint density at radius 3 is 2.68 bits per heavy atom. The van der Waals surface area contributed by atoms with E-state index in [0.717, 1.165) is 13.0 Å². The van der Waals surface area contributed by atoms with Gasteiger partial charge in [0.05, 0.1) is 4.21 Å². The van der Waals surface area contributed by atoms with Crippen LogP contribution in [0.15, 0.2) is 50.9 Å². The lowest BCUT2D eigenvalue weighted by molar-refractivity contribution is 0.512. The quantitative estimate of drug-likeness (QED) is 0.738. The first kappa shape index (κ1) is 14.6. The second-order valence-corrected chi connectivity index (χ2v) is 6.78. The van der Waals surface area contributed by atoms with E-state index in [9.17, 15) is 0 Å². The van der Waals surface area contributed by atoms with Gasteiger partial charge >= 0.3 is 0 Å². The molecule has 102 valence electrons. The van der Waals surface area contributed by atoms with E-state index in [-0.39, 0.29) is 0 Å². The predicted octanol–water partition coefficient (Wildman–Crippen LogP) is 5.35. The average molecular weight is 291 g/mol. The number of benzene rings is 1. The molecule has 0 spiro atoms. The largest absolute Gasteiger partial charge is 0.310 e. The van der Waals surface area contributed by atoms with Gasteiger partial charge in [-0.3, -0.25) is 0 Å². The van der Waals surface area contributed by atoms with Crippen LogP contribution in [0.3, 0.4) is 0 Å². The Balaban J connectivity index is 2.19. The molecule has 1 N–H and O–H groups in total. The van der Waals surface area contributed by atoms with E-state index in [1.165, 1.54) is 21.1 Å². The molecular weight excluding hydrogens is 270 g/mol. The molecule has 19 heavy (non-hydrogen) atoms. The molecule has 0 aliphatic carbocycles. The molecular formula is C16H21NS2. The first-order valence-electron chi connectivity index (χ1n) is 6.88. The number of thiophene rings is 1. The summed E-state index contributed by atoms with van der Waals surface area (Å²) in [5.74, 6) is 0. The van der Waals surface area contributed by atoms with Gasteiger partial charge in [-0.05, 0) is 42.5 Å². The molecule has 0 saturated carbocycles. The molecule has 0 bridgehead atoms. The van der Waals surface area contributed by atoms with Crippen LogP contribution in [0.5, 0.6) is 0 Å². The lowest BCUT2D eigenvalue weighted by atomic mass is 10.0. The highest BCUT2D eigenvalue weighted by Crippen LogP contribution is 2.36. The summed E-state index contributed by atoms with van der Waals surface area (Å²) in [5, 5.41) is 5.78. The van der Waals surface area contributed by atoms with Gasteiger partial charge in [0.15, 0.2) is 0 Å². The highest BCUT2D eigenvalue weighted by molar-refractivity contribution is 8.01. The molecule has 3 heteroatoms. The maximum absolute atomic E-state index is 3.65. The molecule has 1 aromatic heterocycles. The van der Waals surface area contributed by atoms with Crippen molar-refractivity contribution in [2.45, 2.75) is 41.8 Å². The Kier molecular flexibility index (Phi) is 5.95. The minimum Gasteiger partial charge on any atom is -0.310 e. The van der Waals surface area contributed by atoms with Crippen LogP contribution < -0.4 is 5.32 Å².